The van der Waals surface area contributed by atoms with Crippen molar-refractivity contribution in [3.8, 4) is 0 Å². The highest BCUT2D eigenvalue weighted by Crippen LogP contribution is 2.36. The summed E-state index contributed by atoms with van der Waals surface area (Å²) in [7, 11) is 1.70. The Morgan fingerprint density at radius 1 is 0.776 bits per heavy atom. The molecule has 0 unspecified atom stereocenters. The number of rotatable bonds is 14. The van der Waals surface area contributed by atoms with Crippen LogP contribution in [0.25, 0.3) is 11.0 Å². The van der Waals surface area contributed by atoms with Gasteiger partial charge in [0.15, 0.2) is 0 Å². The number of aryl methyl sites for hydroxylation is 1. The summed E-state index contributed by atoms with van der Waals surface area (Å²) in [6, 6.07) is 21.9. The van der Waals surface area contributed by atoms with Gasteiger partial charge in [-0.2, -0.15) is 0 Å². The predicted octanol–water partition coefficient (Wildman–Crippen LogP) is 5.04. The Kier molecular flexibility index (Phi) is 14.5. The first-order chi connectivity index (χ1) is 32.2. The predicted molar refractivity (Wildman–Crippen MR) is 251 cm³/mol. The zero-order chi connectivity index (χ0) is 47.4. The Hall–Kier alpha value is -6.38. The van der Waals surface area contributed by atoms with Crippen molar-refractivity contribution in [2.24, 2.45) is 24.8 Å². The van der Waals surface area contributed by atoms with Gasteiger partial charge in [0.25, 0.3) is 0 Å². The zero-order valence-corrected chi connectivity index (χ0v) is 38.8. The quantitative estimate of drug-likeness (QED) is 0.147. The van der Waals surface area contributed by atoms with Gasteiger partial charge < -0.3 is 25.2 Å². The molecule has 5 atom stereocenters. The molecule has 67 heavy (non-hydrogen) atoms. The van der Waals surface area contributed by atoms with Gasteiger partial charge in [-0.15, -0.1) is 0 Å². The highest BCUT2D eigenvalue weighted by Gasteiger charge is 2.45. The maximum absolute atomic E-state index is 14.2. The third kappa shape index (κ3) is 10.6. The summed E-state index contributed by atoms with van der Waals surface area (Å²) >= 11 is 0. The normalized spacial score (nSPS) is 23.9. The molecule has 4 aliphatic rings. The number of Topliss-reactive ketones (excluding diaryl/α,β-unsaturated/α-hetero) is 1. The SMILES string of the molecule is CC(=O)CC[C@H](NC(=O)[C@@H]1CC[C@@H]2CCN(C(=O)C[C@H]3CC[C@@H](Cc4ccc5c(c4)n(C)c(=O)n5[C@H]4CCC(=O)NC4=O)CC3)C[C@H](C)C(=O)N21)C(=O)NC(c1ccccc1)c1ccccc1. The van der Waals surface area contributed by atoms with Crippen molar-refractivity contribution in [1.29, 1.82) is 0 Å². The van der Waals surface area contributed by atoms with Gasteiger partial charge in [-0.3, -0.25) is 43.2 Å². The molecule has 0 spiro atoms. The second-order valence-corrected chi connectivity index (χ2v) is 19.4. The summed E-state index contributed by atoms with van der Waals surface area (Å²) in [5, 5.41) is 8.43. The number of hydrogen-bond donors (Lipinski definition) is 3. The average molecular weight is 914 g/mol. The van der Waals surface area contributed by atoms with Gasteiger partial charge >= 0.3 is 5.69 Å². The number of carbonyl (C=O) groups excluding carboxylic acids is 7. The fraction of sp³-hybridized carbons (Fsp3) is 0.500. The molecule has 354 valence electrons. The Labute approximate surface area is 391 Å². The Morgan fingerprint density at radius 3 is 2.10 bits per heavy atom. The van der Waals surface area contributed by atoms with Crippen molar-refractivity contribution in [2.75, 3.05) is 13.1 Å². The molecule has 15 nitrogen and oxygen atoms in total. The minimum atomic E-state index is -0.997. The van der Waals surface area contributed by atoms with Crippen molar-refractivity contribution >= 4 is 52.3 Å². The highest BCUT2D eigenvalue weighted by molar-refractivity contribution is 6.00. The molecular weight excluding hydrogens is 851 g/mol. The lowest BCUT2D eigenvalue weighted by Gasteiger charge is -2.38. The maximum Gasteiger partial charge on any atom is 0.329 e. The number of nitrogens with one attached hydrogen (secondary N) is 3. The minimum absolute atomic E-state index is 0.0550. The molecule has 1 saturated carbocycles. The van der Waals surface area contributed by atoms with Crippen molar-refractivity contribution in [3.63, 3.8) is 0 Å². The number of imide groups is 1. The first-order valence-corrected chi connectivity index (χ1v) is 24.1. The van der Waals surface area contributed by atoms with E-state index < -0.39 is 47.8 Å². The minimum Gasteiger partial charge on any atom is -0.343 e. The van der Waals surface area contributed by atoms with Crippen LogP contribution in [0.15, 0.2) is 83.7 Å². The van der Waals surface area contributed by atoms with Crippen molar-refractivity contribution < 1.29 is 33.6 Å². The standard InChI is InChI=1S/C52H63N7O8/c1-32-31-57(46(62)30-35-17-15-34(16-18-35)28-36-19-22-41-44(29-36)56(3)52(67)59(41)43-24-25-45(61)54-50(43)65)27-26-39-20-23-42(58(39)51(32)66)49(64)53-40(21-14-33(2)60)48(63)55-47(37-10-6-4-7-11-37)38-12-8-5-9-13-38/h4-13,19,22,29,32,34-35,39-40,42-43,47H,14-18,20-21,23-28,30-31H2,1-3H3,(H,53,64)(H,55,63)(H,54,61,65)/t32-,34-,35+,39+,40-,42-,43-/m0/s1. The smallest absolute Gasteiger partial charge is 0.329 e. The van der Waals surface area contributed by atoms with Crippen LogP contribution >= 0.6 is 0 Å². The monoisotopic (exact) mass is 913 g/mol. The maximum atomic E-state index is 14.2. The molecule has 4 aromatic rings. The third-order valence-electron chi connectivity index (χ3n) is 14.7. The molecule has 1 aromatic heterocycles. The van der Waals surface area contributed by atoms with E-state index in [-0.39, 0.29) is 73.4 Å². The summed E-state index contributed by atoms with van der Waals surface area (Å²) in [4.78, 5) is 110. The van der Waals surface area contributed by atoms with Crippen LogP contribution in [0.5, 0.6) is 0 Å². The van der Waals surface area contributed by atoms with Crippen LogP contribution < -0.4 is 21.6 Å². The van der Waals surface area contributed by atoms with Gasteiger partial charge in [0.1, 0.15) is 23.9 Å². The van der Waals surface area contributed by atoms with Crippen LogP contribution in [0.1, 0.15) is 120 Å². The van der Waals surface area contributed by atoms with Crippen LogP contribution in [-0.2, 0) is 47.0 Å². The molecule has 3 aliphatic heterocycles. The van der Waals surface area contributed by atoms with E-state index >= 15 is 0 Å². The van der Waals surface area contributed by atoms with E-state index in [0.717, 1.165) is 54.3 Å². The van der Waals surface area contributed by atoms with Crippen LogP contribution in [0, 0.1) is 17.8 Å². The number of nitrogens with zero attached hydrogens (tertiary/aromatic N) is 4. The van der Waals surface area contributed by atoms with Crippen LogP contribution in [0.3, 0.4) is 0 Å². The lowest BCUT2D eigenvalue weighted by atomic mass is 9.78. The molecule has 15 heteroatoms. The molecule has 3 N–H and O–H groups in total. The molecule has 0 bridgehead atoms. The summed E-state index contributed by atoms with van der Waals surface area (Å²) < 4.78 is 3.07. The molecule has 0 radical (unpaired) electrons. The molecule has 3 aromatic carbocycles. The first-order valence-electron chi connectivity index (χ1n) is 24.1. The molecule has 6 amide bonds. The van der Waals surface area contributed by atoms with E-state index in [1.54, 1.807) is 16.5 Å². The van der Waals surface area contributed by atoms with E-state index in [1.165, 1.54) is 11.5 Å². The van der Waals surface area contributed by atoms with Crippen molar-refractivity contribution in [2.45, 2.75) is 128 Å². The molecule has 4 heterocycles. The number of benzene rings is 3. The van der Waals surface area contributed by atoms with Crippen LogP contribution in [0.4, 0.5) is 0 Å². The average Bonchev–Trinajstić information content (AvgIpc) is 3.85. The second kappa shape index (κ2) is 20.6. The number of piperidine rings is 1. The van der Waals surface area contributed by atoms with Crippen molar-refractivity contribution in [1.82, 2.24) is 34.9 Å². The highest BCUT2D eigenvalue weighted by atomic mass is 16.2. The topological polar surface area (TPSA) is 189 Å². The summed E-state index contributed by atoms with van der Waals surface area (Å²) in [6.07, 6.45) is 7.33. The molecule has 1 aliphatic carbocycles. The third-order valence-corrected chi connectivity index (χ3v) is 14.7. The van der Waals surface area contributed by atoms with Crippen molar-refractivity contribution in [3.05, 3.63) is 106 Å². The fourth-order valence-electron chi connectivity index (χ4n) is 10.9. The van der Waals surface area contributed by atoms with E-state index in [9.17, 15) is 38.4 Å². The van der Waals surface area contributed by atoms with E-state index in [0.29, 0.717) is 43.7 Å². The molecule has 4 fully saturated rings. The van der Waals surface area contributed by atoms with E-state index in [2.05, 4.69) is 16.0 Å². The number of amides is 6. The number of aromatic nitrogens is 2. The Bertz CT molecular complexity index is 2520. The first kappa shape index (κ1) is 47.1. The lowest BCUT2D eigenvalue weighted by molar-refractivity contribution is -0.147. The van der Waals surface area contributed by atoms with Gasteiger partial charge in [0.05, 0.1) is 23.0 Å². The summed E-state index contributed by atoms with van der Waals surface area (Å²) in [5.74, 6) is -1.68. The lowest BCUT2D eigenvalue weighted by Crippen LogP contribution is -2.57. The largest absolute Gasteiger partial charge is 0.343 e. The number of hydrogen-bond acceptors (Lipinski definition) is 8. The number of imidazole rings is 1. The number of fused-ring (bicyclic) bond motifs is 2. The number of carbonyl (C=O) groups is 7. The Balaban J connectivity index is 0.847. The van der Waals surface area contributed by atoms with Gasteiger partial charge in [-0.05, 0) is 112 Å². The van der Waals surface area contributed by atoms with Gasteiger partial charge in [0.2, 0.25) is 35.4 Å². The molecule has 3 saturated heterocycles. The molecular formula is C52H63N7O8. The van der Waals surface area contributed by atoms with E-state index in [4.69, 9.17) is 0 Å². The van der Waals surface area contributed by atoms with Gasteiger partial charge in [-0.1, -0.05) is 73.7 Å². The van der Waals surface area contributed by atoms with Crippen LogP contribution in [-0.4, -0.2) is 91.4 Å². The zero-order valence-electron chi connectivity index (χ0n) is 38.8. The Morgan fingerprint density at radius 2 is 1.45 bits per heavy atom. The summed E-state index contributed by atoms with van der Waals surface area (Å²) in [5.41, 5.74) is 3.99. The van der Waals surface area contributed by atoms with Crippen LogP contribution in [0.2, 0.25) is 0 Å². The fourth-order valence-corrected chi connectivity index (χ4v) is 10.9. The second-order valence-electron chi connectivity index (χ2n) is 19.4. The summed E-state index contributed by atoms with van der Waals surface area (Å²) in [6.45, 7) is 4.03. The molecule has 8 rings (SSSR count). The van der Waals surface area contributed by atoms with E-state index in [1.807, 2.05) is 90.7 Å². The van der Waals surface area contributed by atoms with Gasteiger partial charge in [-0.25, -0.2) is 4.79 Å². The number of ketones is 1. The van der Waals surface area contributed by atoms with Gasteiger partial charge in [0, 0.05) is 45.4 Å².